The number of rotatable bonds is 2. The first kappa shape index (κ1) is 13.8. The number of morpholine rings is 1. The van der Waals surface area contributed by atoms with E-state index >= 15 is 0 Å². The predicted octanol–water partition coefficient (Wildman–Crippen LogP) is -0.128. The molecule has 0 aliphatic carbocycles. The van der Waals surface area contributed by atoms with E-state index < -0.39 is 0 Å². The Morgan fingerprint density at radius 2 is 2.32 bits per heavy atom. The summed E-state index contributed by atoms with van der Waals surface area (Å²) in [6, 6.07) is 3.14. The minimum Gasteiger partial charge on any atom is -0.373 e. The maximum atomic E-state index is 12.3. The molecule has 1 amide bonds. The van der Waals surface area contributed by atoms with Gasteiger partial charge >= 0.3 is 0 Å². The molecule has 6 nitrogen and oxygen atoms in total. The molecule has 19 heavy (non-hydrogen) atoms. The fourth-order valence-corrected chi connectivity index (χ4v) is 2.09. The number of carbonyl (C=O) groups excluding carboxylic acids is 1. The second-order valence-electron chi connectivity index (χ2n) is 4.90. The molecule has 0 radical (unpaired) electrons. The lowest BCUT2D eigenvalue weighted by Crippen LogP contribution is -2.52. The Hall–Kier alpha value is -1.66. The summed E-state index contributed by atoms with van der Waals surface area (Å²) in [5.74, 6) is -0.268. The van der Waals surface area contributed by atoms with Crippen LogP contribution in [0.2, 0.25) is 0 Å². The van der Waals surface area contributed by atoms with Crippen LogP contribution in [0.4, 0.5) is 0 Å². The number of pyridine rings is 1. The van der Waals surface area contributed by atoms with Crippen LogP contribution < -0.4 is 11.3 Å². The maximum absolute atomic E-state index is 12.3. The van der Waals surface area contributed by atoms with Crippen LogP contribution in [0.3, 0.4) is 0 Å². The number of aryl methyl sites for hydroxylation is 1. The third-order valence-corrected chi connectivity index (χ3v) is 3.25. The second-order valence-corrected chi connectivity index (χ2v) is 4.90. The second kappa shape index (κ2) is 5.54. The molecule has 1 saturated heterocycles. The largest absolute Gasteiger partial charge is 0.373 e. The van der Waals surface area contributed by atoms with Gasteiger partial charge in [0.1, 0.15) is 5.56 Å². The summed E-state index contributed by atoms with van der Waals surface area (Å²) >= 11 is 0. The van der Waals surface area contributed by atoms with Crippen LogP contribution in [0.5, 0.6) is 0 Å². The lowest BCUT2D eigenvalue weighted by Gasteiger charge is -2.34. The molecule has 3 N–H and O–H groups in total. The molecule has 1 aromatic rings. The monoisotopic (exact) mass is 265 g/mol. The third kappa shape index (κ3) is 3.02. The molecule has 6 heteroatoms. The van der Waals surface area contributed by atoms with Crippen LogP contribution in [0.1, 0.15) is 23.0 Å². The minimum atomic E-state index is -0.353. The molecule has 2 heterocycles. The lowest BCUT2D eigenvalue weighted by molar-refractivity contribution is -0.0300. The molecule has 0 aromatic carbocycles. The number of carbonyl (C=O) groups is 1. The quantitative estimate of drug-likeness (QED) is 0.779. The van der Waals surface area contributed by atoms with Crippen molar-refractivity contribution in [1.29, 1.82) is 0 Å². The molecule has 2 unspecified atom stereocenters. The van der Waals surface area contributed by atoms with Crippen molar-refractivity contribution in [3.8, 4) is 0 Å². The smallest absolute Gasteiger partial charge is 0.260 e. The van der Waals surface area contributed by atoms with Gasteiger partial charge in [-0.2, -0.15) is 0 Å². The molecule has 1 fully saturated rings. The van der Waals surface area contributed by atoms with Crippen molar-refractivity contribution in [2.45, 2.75) is 26.0 Å². The molecule has 2 atom stereocenters. The Morgan fingerprint density at radius 3 is 2.95 bits per heavy atom. The van der Waals surface area contributed by atoms with E-state index in [0.717, 1.165) is 5.69 Å². The Morgan fingerprint density at radius 1 is 1.58 bits per heavy atom. The van der Waals surface area contributed by atoms with Gasteiger partial charge in [-0.25, -0.2) is 0 Å². The third-order valence-electron chi connectivity index (χ3n) is 3.25. The summed E-state index contributed by atoms with van der Waals surface area (Å²) in [5.41, 5.74) is 6.33. The first-order valence-corrected chi connectivity index (χ1v) is 6.35. The van der Waals surface area contributed by atoms with Crippen molar-refractivity contribution in [2.24, 2.45) is 5.73 Å². The highest BCUT2D eigenvalue weighted by Gasteiger charge is 2.28. The van der Waals surface area contributed by atoms with E-state index in [9.17, 15) is 9.59 Å². The highest BCUT2D eigenvalue weighted by atomic mass is 16.5. The minimum absolute atomic E-state index is 0.146. The van der Waals surface area contributed by atoms with Crippen molar-refractivity contribution in [3.63, 3.8) is 0 Å². The zero-order valence-corrected chi connectivity index (χ0v) is 11.2. The van der Waals surface area contributed by atoms with Crippen molar-refractivity contribution >= 4 is 5.91 Å². The average molecular weight is 265 g/mol. The molecule has 1 aromatic heterocycles. The first-order valence-electron chi connectivity index (χ1n) is 6.35. The fourth-order valence-electron chi connectivity index (χ4n) is 2.09. The summed E-state index contributed by atoms with van der Waals surface area (Å²) in [6.45, 7) is 4.97. The van der Waals surface area contributed by atoms with Gasteiger partial charge in [0.15, 0.2) is 0 Å². The number of hydrogen-bond acceptors (Lipinski definition) is 4. The van der Waals surface area contributed by atoms with Gasteiger partial charge in [0.05, 0.1) is 12.7 Å². The number of H-pyrrole nitrogens is 1. The SMILES string of the molecule is Cc1ccc(C(=O)N2CCOC(C(C)N)C2)c(=O)[nH]1. The van der Waals surface area contributed by atoms with Crippen LogP contribution >= 0.6 is 0 Å². The zero-order chi connectivity index (χ0) is 14.0. The molecule has 1 aliphatic rings. The first-order chi connectivity index (χ1) is 8.99. The number of nitrogens with one attached hydrogen (secondary N) is 1. The van der Waals surface area contributed by atoms with Gasteiger partial charge in [0.2, 0.25) is 0 Å². The molecular formula is C13H19N3O3. The summed E-state index contributed by atoms with van der Waals surface area (Å²) in [5, 5.41) is 0. The number of ether oxygens (including phenoxy) is 1. The van der Waals surface area contributed by atoms with Crippen LogP contribution in [-0.2, 0) is 4.74 Å². The average Bonchev–Trinajstić information content (AvgIpc) is 2.38. The lowest BCUT2D eigenvalue weighted by atomic mass is 10.1. The molecule has 0 saturated carbocycles. The van der Waals surface area contributed by atoms with Gasteiger partial charge in [-0.3, -0.25) is 9.59 Å². The zero-order valence-electron chi connectivity index (χ0n) is 11.2. The van der Waals surface area contributed by atoms with Gasteiger partial charge in [-0.1, -0.05) is 0 Å². The van der Waals surface area contributed by atoms with Crippen LogP contribution in [0, 0.1) is 6.92 Å². The molecule has 0 bridgehead atoms. The highest BCUT2D eigenvalue weighted by Crippen LogP contribution is 2.10. The van der Waals surface area contributed by atoms with Gasteiger partial charge < -0.3 is 20.4 Å². The van der Waals surface area contributed by atoms with Crippen molar-refractivity contribution in [1.82, 2.24) is 9.88 Å². The molecule has 0 spiro atoms. The van der Waals surface area contributed by atoms with Crippen molar-refractivity contribution in [2.75, 3.05) is 19.7 Å². The van der Waals surface area contributed by atoms with Gasteiger partial charge in [-0.05, 0) is 26.0 Å². The van der Waals surface area contributed by atoms with Crippen LogP contribution in [0.25, 0.3) is 0 Å². The topological polar surface area (TPSA) is 88.4 Å². The Kier molecular flexibility index (Phi) is 4.01. The maximum Gasteiger partial charge on any atom is 0.260 e. The summed E-state index contributed by atoms with van der Waals surface area (Å²) < 4.78 is 5.50. The van der Waals surface area contributed by atoms with Gasteiger partial charge in [0.25, 0.3) is 11.5 Å². The van der Waals surface area contributed by atoms with Crippen LogP contribution in [-0.4, -0.2) is 47.6 Å². The number of aromatic amines is 1. The predicted molar refractivity (Wildman–Crippen MR) is 71.1 cm³/mol. The molecule has 104 valence electrons. The van der Waals surface area contributed by atoms with Crippen molar-refractivity contribution in [3.05, 3.63) is 33.7 Å². The number of hydrogen-bond donors (Lipinski definition) is 2. The van der Waals surface area contributed by atoms with E-state index in [1.807, 2.05) is 6.92 Å². The van der Waals surface area contributed by atoms with E-state index in [-0.39, 0.29) is 29.2 Å². The standard InChI is InChI=1S/C13H19N3O3/c1-8-3-4-10(12(17)15-8)13(18)16-5-6-19-11(7-16)9(2)14/h3-4,9,11H,5-7,14H2,1-2H3,(H,15,17). The summed E-state index contributed by atoms with van der Waals surface area (Å²) in [7, 11) is 0. The van der Waals surface area contributed by atoms with Gasteiger partial charge in [0, 0.05) is 24.8 Å². The van der Waals surface area contributed by atoms with E-state index in [4.69, 9.17) is 10.5 Å². The normalized spacial score (nSPS) is 21.2. The molecule has 2 rings (SSSR count). The van der Waals surface area contributed by atoms with E-state index in [0.29, 0.717) is 19.7 Å². The van der Waals surface area contributed by atoms with E-state index in [1.165, 1.54) is 0 Å². The van der Waals surface area contributed by atoms with Crippen LogP contribution in [0.15, 0.2) is 16.9 Å². The fraction of sp³-hybridized carbons (Fsp3) is 0.538. The number of amides is 1. The molecule has 1 aliphatic heterocycles. The number of nitrogens with zero attached hydrogens (tertiary/aromatic N) is 1. The van der Waals surface area contributed by atoms with E-state index in [1.54, 1.807) is 24.0 Å². The summed E-state index contributed by atoms with van der Waals surface area (Å²) in [4.78, 5) is 28.3. The number of aromatic nitrogens is 1. The summed E-state index contributed by atoms with van der Waals surface area (Å²) in [6.07, 6.45) is -0.178. The highest BCUT2D eigenvalue weighted by molar-refractivity contribution is 5.93. The molecular weight excluding hydrogens is 246 g/mol. The Bertz CT molecular complexity index is 524. The van der Waals surface area contributed by atoms with E-state index in [2.05, 4.69) is 4.98 Å². The Balaban J connectivity index is 2.17. The number of nitrogens with two attached hydrogens (primary N) is 1. The Labute approximate surface area is 111 Å². The van der Waals surface area contributed by atoms with Crippen molar-refractivity contribution < 1.29 is 9.53 Å². The van der Waals surface area contributed by atoms with Gasteiger partial charge in [-0.15, -0.1) is 0 Å².